The number of piperidine rings is 1. The molecule has 2 atom stereocenters. The van der Waals surface area contributed by atoms with Crippen LogP contribution in [0.1, 0.15) is 35.7 Å². The summed E-state index contributed by atoms with van der Waals surface area (Å²) in [5, 5.41) is 0. The average molecular weight is 301 g/mol. The normalized spacial score (nSPS) is 22.3. The number of hydrogen-bond acceptors (Lipinski definition) is 2. The Morgan fingerprint density at radius 1 is 1.50 bits per heavy atom. The molecule has 112 valence electrons. The predicted octanol–water partition coefficient (Wildman–Crippen LogP) is 2.76. The maximum absolute atomic E-state index is 13.8. The van der Waals surface area contributed by atoms with E-state index in [1.807, 2.05) is 6.92 Å². The van der Waals surface area contributed by atoms with E-state index in [0.717, 1.165) is 18.4 Å². The van der Waals surface area contributed by atoms with Crippen LogP contribution in [0.25, 0.3) is 0 Å². The SMILES string of the molecule is Cc1ccc(F)c(C(=O)N2CCC(C)CC2CN)c1.Cl. The number of likely N-dealkylation sites (tertiary alicyclic amines) is 1. The van der Waals surface area contributed by atoms with Crippen molar-refractivity contribution in [2.75, 3.05) is 13.1 Å². The fourth-order valence-electron chi connectivity index (χ4n) is 2.70. The molecule has 20 heavy (non-hydrogen) atoms. The average Bonchev–Trinajstić information content (AvgIpc) is 2.40. The van der Waals surface area contributed by atoms with Gasteiger partial charge in [-0.2, -0.15) is 0 Å². The molecule has 0 spiro atoms. The summed E-state index contributed by atoms with van der Waals surface area (Å²) >= 11 is 0. The van der Waals surface area contributed by atoms with E-state index in [1.165, 1.54) is 6.07 Å². The van der Waals surface area contributed by atoms with Crippen molar-refractivity contribution in [2.24, 2.45) is 11.7 Å². The van der Waals surface area contributed by atoms with E-state index in [4.69, 9.17) is 5.73 Å². The van der Waals surface area contributed by atoms with Crippen molar-refractivity contribution in [1.29, 1.82) is 0 Å². The molecule has 0 bridgehead atoms. The highest BCUT2D eigenvalue weighted by Gasteiger charge is 2.30. The zero-order valence-electron chi connectivity index (χ0n) is 11.9. The second kappa shape index (κ2) is 7.04. The number of carbonyl (C=O) groups excluding carboxylic acids is 1. The highest BCUT2D eigenvalue weighted by atomic mass is 35.5. The fourth-order valence-corrected chi connectivity index (χ4v) is 2.70. The molecular weight excluding hydrogens is 279 g/mol. The molecule has 3 nitrogen and oxygen atoms in total. The molecule has 1 aliphatic rings. The van der Waals surface area contributed by atoms with Crippen LogP contribution in [0.15, 0.2) is 18.2 Å². The summed E-state index contributed by atoms with van der Waals surface area (Å²) in [5.41, 5.74) is 6.80. The van der Waals surface area contributed by atoms with Gasteiger partial charge in [0.25, 0.3) is 5.91 Å². The van der Waals surface area contributed by atoms with Gasteiger partial charge in [0.1, 0.15) is 5.82 Å². The maximum atomic E-state index is 13.8. The van der Waals surface area contributed by atoms with Gasteiger partial charge in [0.05, 0.1) is 5.56 Å². The second-order valence-corrected chi connectivity index (χ2v) is 5.50. The lowest BCUT2D eigenvalue weighted by Crippen LogP contribution is -2.49. The van der Waals surface area contributed by atoms with Crippen molar-refractivity contribution in [1.82, 2.24) is 4.90 Å². The lowest BCUT2D eigenvalue weighted by molar-refractivity contribution is 0.0569. The molecule has 1 fully saturated rings. The molecule has 2 N–H and O–H groups in total. The van der Waals surface area contributed by atoms with E-state index < -0.39 is 5.82 Å². The van der Waals surface area contributed by atoms with Gasteiger partial charge < -0.3 is 10.6 Å². The molecule has 1 aliphatic heterocycles. The van der Waals surface area contributed by atoms with Crippen molar-refractivity contribution in [3.8, 4) is 0 Å². The Labute approximate surface area is 125 Å². The number of amides is 1. The highest BCUT2D eigenvalue weighted by molar-refractivity contribution is 5.95. The highest BCUT2D eigenvalue weighted by Crippen LogP contribution is 2.24. The summed E-state index contributed by atoms with van der Waals surface area (Å²) in [5.74, 6) is -0.117. The van der Waals surface area contributed by atoms with Gasteiger partial charge in [-0.3, -0.25) is 4.79 Å². The molecule has 0 saturated carbocycles. The number of benzene rings is 1. The predicted molar refractivity (Wildman–Crippen MR) is 80.7 cm³/mol. The number of nitrogens with zero attached hydrogens (tertiary/aromatic N) is 1. The van der Waals surface area contributed by atoms with Crippen LogP contribution < -0.4 is 5.73 Å². The Bertz CT molecular complexity index is 481. The summed E-state index contributed by atoms with van der Waals surface area (Å²) in [6.07, 6.45) is 1.85. The van der Waals surface area contributed by atoms with Gasteiger partial charge in [-0.05, 0) is 37.8 Å². The third-order valence-corrected chi connectivity index (χ3v) is 3.86. The summed E-state index contributed by atoms with van der Waals surface area (Å²) in [4.78, 5) is 14.2. The first-order valence-corrected chi connectivity index (χ1v) is 6.80. The van der Waals surface area contributed by atoms with Gasteiger partial charge in [-0.1, -0.05) is 18.6 Å². The second-order valence-electron chi connectivity index (χ2n) is 5.50. The Hall–Kier alpha value is -1.13. The van der Waals surface area contributed by atoms with Crippen LogP contribution in [0.2, 0.25) is 0 Å². The summed E-state index contributed by atoms with van der Waals surface area (Å²) in [7, 11) is 0. The lowest BCUT2D eigenvalue weighted by Gasteiger charge is -2.38. The van der Waals surface area contributed by atoms with Crippen LogP contribution in [0, 0.1) is 18.7 Å². The third-order valence-electron chi connectivity index (χ3n) is 3.86. The van der Waals surface area contributed by atoms with Crippen molar-refractivity contribution >= 4 is 18.3 Å². The molecule has 2 rings (SSSR count). The first-order valence-electron chi connectivity index (χ1n) is 6.80. The fraction of sp³-hybridized carbons (Fsp3) is 0.533. The van der Waals surface area contributed by atoms with Crippen molar-refractivity contribution in [2.45, 2.75) is 32.7 Å². The van der Waals surface area contributed by atoms with Crippen LogP contribution in [0.3, 0.4) is 0 Å². The van der Waals surface area contributed by atoms with E-state index in [0.29, 0.717) is 19.0 Å². The van der Waals surface area contributed by atoms with Crippen molar-refractivity contribution in [3.63, 3.8) is 0 Å². The minimum Gasteiger partial charge on any atom is -0.334 e. The summed E-state index contributed by atoms with van der Waals surface area (Å²) in [6, 6.07) is 4.66. The Morgan fingerprint density at radius 3 is 2.85 bits per heavy atom. The Kier molecular flexibility index (Phi) is 5.96. The molecule has 0 aromatic heterocycles. The molecular formula is C15H22ClFN2O. The number of rotatable bonds is 2. The van der Waals surface area contributed by atoms with Gasteiger partial charge in [0, 0.05) is 19.1 Å². The molecule has 1 aromatic carbocycles. The molecule has 1 heterocycles. The van der Waals surface area contributed by atoms with Gasteiger partial charge in [-0.25, -0.2) is 4.39 Å². The molecule has 2 unspecified atom stereocenters. The number of carbonyl (C=O) groups is 1. The molecule has 1 amide bonds. The Morgan fingerprint density at radius 2 is 2.20 bits per heavy atom. The molecule has 5 heteroatoms. The number of halogens is 2. The third kappa shape index (κ3) is 3.49. The smallest absolute Gasteiger partial charge is 0.257 e. The number of aryl methyl sites for hydroxylation is 1. The van der Waals surface area contributed by atoms with Crippen LogP contribution in [0.4, 0.5) is 4.39 Å². The van der Waals surface area contributed by atoms with Gasteiger partial charge >= 0.3 is 0 Å². The van der Waals surface area contributed by atoms with Crippen molar-refractivity contribution < 1.29 is 9.18 Å². The zero-order chi connectivity index (χ0) is 14.0. The van der Waals surface area contributed by atoms with Crippen LogP contribution >= 0.6 is 12.4 Å². The zero-order valence-corrected chi connectivity index (χ0v) is 12.8. The summed E-state index contributed by atoms with van der Waals surface area (Å²) in [6.45, 7) is 5.12. The maximum Gasteiger partial charge on any atom is 0.257 e. The van der Waals surface area contributed by atoms with Crippen molar-refractivity contribution in [3.05, 3.63) is 35.1 Å². The number of nitrogens with two attached hydrogens (primary N) is 1. The Balaban J connectivity index is 0.00000200. The van der Waals surface area contributed by atoms with E-state index >= 15 is 0 Å². The minimum atomic E-state index is -0.454. The molecule has 1 aromatic rings. The van der Waals surface area contributed by atoms with E-state index in [2.05, 4.69) is 6.92 Å². The van der Waals surface area contributed by atoms with Gasteiger partial charge in [0.2, 0.25) is 0 Å². The minimum absolute atomic E-state index is 0. The largest absolute Gasteiger partial charge is 0.334 e. The topological polar surface area (TPSA) is 46.3 Å². The van der Waals surface area contributed by atoms with E-state index in [-0.39, 0.29) is 29.9 Å². The quantitative estimate of drug-likeness (QED) is 0.913. The first kappa shape index (κ1) is 16.9. The standard InChI is InChI=1S/C15H21FN2O.ClH/c1-10-3-4-14(16)13(8-10)15(19)18-6-5-11(2)7-12(18)9-17;/h3-4,8,11-12H,5-7,9,17H2,1-2H3;1H. The molecule has 0 aliphatic carbocycles. The monoisotopic (exact) mass is 300 g/mol. The molecule has 0 radical (unpaired) electrons. The van der Waals surface area contributed by atoms with Gasteiger partial charge in [0.15, 0.2) is 0 Å². The molecule has 1 saturated heterocycles. The van der Waals surface area contributed by atoms with Crippen LogP contribution in [-0.4, -0.2) is 29.9 Å². The summed E-state index contributed by atoms with van der Waals surface area (Å²) < 4.78 is 13.8. The first-order chi connectivity index (χ1) is 9.02. The van der Waals surface area contributed by atoms with E-state index in [1.54, 1.807) is 17.0 Å². The van der Waals surface area contributed by atoms with E-state index in [9.17, 15) is 9.18 Å². The van der Waals surface area contributed by atoms with Crippen LogP contribution in [-0.2, 0) is 0 Å². The van der Waals surface area contributed by atoms with Gasteiger partial charge in [-0.15, -0.1) is 12.4 Å². The number of hydrogen-bond donors (Lipinski definition) is 1. The van der Waals surface area contributed by atoms with Crippen LogP contribution in [0.5, 0.6) is 0 Å². The lowest BCUT2D eigenvalue weighted by atomic mass is 9.91.